The smallest absolute Gasteiger partial charge is 0.392 e. The average molecular weight is 323 g/mol. The Kier molecular flexibility index (Phi) is 3.78. The summed E-state index contributed by atoms with van der Waals surface area (Å²) in [6, 6.07) is 0.630. The number of aliphatic hydroxyl groups excluding tert-OH is 1. The Balaban J connectivity index is 3.49. The number of hydrogen-bond donors (Lipinski definition) is 1. The van der Waals surface area contributed by atoms with Crippen LogP contribution in [0.15, 0.2) is 16.6 Å². The van der Waals surface area contributed by atoms with Gasteiger partial charge in [-0.3, -0.25) is 0 Å². The summed E-state index contributed by atoms with van der Waals surface area (Å²) in [6.45, 7) is -1.14. The number of hydrogen-bond acceptors (Lipinski definition) is 1. The Morgan fingerprint density at radius 1 is 0.941 bits per heavy atom. The fourth-order valence-electron chi connectivity index (χ4n) is 1.26. The Hall–Kier alpha value is -0.760. The topological polar surface area (TPSA) is 20.2 Å². The van der Waals surface area contributed by atoms with Crippen LogP contribution in [-0.2, 0) is 19.0 Å². The molecule has 17 heavy (non-hydrogen) atoms. The van der Waals surface area contributed by atoms with E-state index >= 15 is 0 Å². The van der Waals surface area contributed by atoms with Crippen LogP contribution >= 0.6 is 15.9 Å². The van der Waals surface area contributed by atoms with E-state index in [4.69, 9.17) is 5.11 Å². The summed E-state index contributed by atoms with van der Waals surface area (Å²) in [5.74, 6) is 0. The Bertz CT molecular complexity index is 423. The molecular weight excluding hydrogens is 318 g/mol. The van der Waals surface area contributed by atoms with Crippen molar-refractivity contribution >= 4 is 15.9 Å². The first-order valence-corrected chi connectivity index (χ1v) is 4.95. The molecule has 1 nitrogen and oxygen atoms in total. The molecule has 1 aromatic carbocycles. The van der Waals surface area contributed by atoms with Crippen LogP contribution in [0.25, 0.3) is 0 Å². The number of rotatable bonds is 1. The fraction of sp³-hybridized carbons (Fsp3) is 0.333. The van der Waals surface area contributed by atoms with Crippen LogP contribution in [0.4, 0.5) is 26.3 Å². The standard InChI is InChI=1S/C9H5BrF6O/c10-7-4(3-17)5(8(11,12)13)1-2-6(7)9(14,15)16/h1-2,17H,3H2. The maximum absolute atomic E-state index is 12.4. The summed E-state index contributed by atoms with van der Waals surface area (Å²) in [4.78, 5) is 0. The number of halogens is 7. The predicted molar refractivity (Wildman–Crippen MR) is 50.1 cm³/mol. The van der Waals surface area contributed by atoms with E-state index in [1.54, 1.807) is 0 Å². The molecule has 0 unspecified atom stereocenters. The summed E-state index contributed by atoms with van der Waals surface area (Å²) < 4.78 is 73.7. The van der Waals surface area contributed by atoms with Crippen LogP contribution in [0, 0.1) is 0 Å². The second-order valence-corrected chi connectivity index (χ2v) is 3.90. The Morgan fingerprint density at radius 2 is 1.35 bits per heavy atom. The van der Waals surface area contributed by atoms with Gasteiger partial charge in [0.15, 0.2) is 0 Å². The molecule has 1 rings (SSSR count). The first-order valence-electron chi connectivity index (χ1n) is 4.15. The lowest BCUT2D eigenvalue weighted by atomic mass is 10.0. The zero-order valence-electron chi connectivity index (χ0n) is 7.95. The van der Waals surface area contributed by atoms with E-state index in [1.165, 1.54) is 0 Å². The zero-order valence-corrected chi connectivity index (χ0v) is 9.54. The molecule has 0 saturated heterocycles. The van der Waals surface area contributed by atoms with Crippen LogP contribution in [0.5, 0.6) is 0 Å². The number of benzene rings is 1. The summed E-state index contributed by atoms with van der Waals surface area (Å²) in [6.07, 6.45) is -9.60. The van der Waals surface area contributed by atoms with Crippen molar-refractivity contribution in [3.05, 3.63) is 33.3 Å². The Labute approximate surface area is 100 Å². The fourth-order valence-corrected chi connectivity index (χ4v) is 1.96. The molecule has 0 spiro atoms. The second kappa shape index (κ2) is 4.49. The normalized spacial score (nSPS) is 12.9. The van der Waals surface area contributed by atoms with Gasteiger partial charge in [0.25, 0.3) is 0 Å². The quantitative estimate of drug-likeness (QED) is 0.775. The lowest BCUT2D eigenvalue weighted by molar-refractivity contribution is -0.142. The summed E-state index contributed by atoms with van der Waals surface area (Å²) >= 11 is 2.44. The van der Waals surface area contributed by atoms with E-state index in [0.29, 0.717) is 12.1 Å². The zero-order chi connectivity index (χ0) is 13.4. The van der Waals surface area contributed by atoms with Crippen molar-refractivity contribution in [2.45, 2.75) is 19.0 Å². The van der Waals surface area contributed by atoms with Gasteiger partial charge in [-0.1, -0.05) is 0 Å². The first-order chi connectivity index (χ1) is 7.59. The molecule has 0 fully saturated rings. The van der Waals surface area contributed by atoms with Crippen molar-refractivity contribution in [3.8, 4) is 0 Å². The van der Waals surface area contributed by atoms with Crippen molar-refractivity contribution in [1.82, 2.24) is 0 Å². The SMILES string of the molecule is OCc1c(C(F)(F)F)ccc(C(F)(F)F)c1Br. The average Bonchev–Trinajstić information content (AvgIpc) is 2.13. The molecule has 0 heterocycles. The molecular formula is C9H5BrF6O. The summed E-state index contributed by atoms with van der Waals surface area (Å²) in [5.41, 5.74) is -3.37. The highest BCUT2D eigenvalue weighted by Gasteiger charge is 2.39. The monoisotopic (exact) mass is 322 g/mol. The van der Waals surface area contributed by atoms with E-state index < -0.39 is 40.1 Å². The molecule has 0 atom stereocenters. The third-order valence-electron chi connectivity index (χ3n) is 2.01. The molecule has 8 heteroatoms. The van der Waals surface area contributed by atoms with E-state index in [2.05, 4.69) is 15.9 Å². The summed E-state index contributed by atoms with van der Waals surface area (Å²) in [7, 11) is 0. The molecule has 0 amide bonds. The van der Waals surface area contributed by atoms with Gasteiger partial charge in [0.05, 0.1) is 17.7 Å². The Morgan fingerprint density at radius 3 is 1.71 bits per heavy atom. The highest BCUT2D eigenvalue weighted by Crippen LogP contribution is 2.41. The molecule has 0 aliphatic carbocycles. The van der Waals surface area contributed by atoms with Gasteiger partial charge in [0.1, 0.15) is 0 Å². The van der Waals surface area contributed by atoms with Crippen molar-refractivity contribution in [1.29, 1.82) is 0 Å². The van der Waals surface area contributed by atoms with Crippen LogP contribution in [-0.4, -0.2) is 5.11 Å². The molecule has 0 aliphatic rings. The predicted octanol–water partition coefficient (Wildman–Crippen LogP) is 3.98. The molecule has 0 saturated carbocycles. The van der Waals surface area contributed by atoms with Gasteiger partial charge in [0, 0.05) is 10.0 Å². The molecule has 1 N–H and O–H groups in total. The number of aliphatic hydroxyl groups is 1. The van der Waals surface area contributed by atoms with E-state index in [1.807, 2.05) is 0 Å². The molecule has 1 aromatic rings. The molecule has 0 aliphatic heterocycles. The minimum Gasteiger partial charge on any atom is -0.392 e. The minimum atomic E-state index is -4.81. The lowest BCUT2D eigenvalue weighted by Gasteiger charge is -2.17. The van der Waals surface area contributed by atoms with Gasteiger partial charge < -0.3 is 5.11 Å². The molecule has 0 aromatic heterocycles. The van der Waals surface area contributed by atoms with Gasteiger partial charge in [0.2, 0.25) is 0 Å². The first kappa shape index (κ1) is 14.3. The van der Waals surface area contributed by atoms with E-state index in [-0.39, 0.29) is 0 Å². The van der Waals surface area contributed by atoms with Gasteiger partial charge in [-0.15, -0.1) is 0 Å². The third kappa shape index (κ3) is 2.92. The lowest BCUT2D eigenvalue weighted by Crippen LogP contribution is -2.14. The van der Waals surface area contributed by atoms with Gasteiger partial charge in [-0.05, 0) is 28.1 Å². The van der Waals surface area contributed by atoms with Crippen LogP contribution < -0.4 is 0 Å². The largest absolute Gasteiger partial charge is 0.417 e. The van der Waals surface area contributed by atoms with E-state index in [0.717, 1.165) is 0 Å². The second-order valence-electron chi connectivity index (χ2n) is 3.11. The molecule has 0 radical (unpaired) electrons. The summed E-state index contributed by atoms with van der Waals surface area (Å²) in [5, 5.41) is 8.76. The van der Waals surface area contributed by atoms with Crippen LogP contribution in [0.3, 0.4) is 0 Å². The third-order valence-corrected chi connectivity index (χ3v) is 2.92. The highest BCUT2D eigenvalue weighted by atomic mass is 79.9. The van der Waals surface area contributed by atoms with Gasteiger partial charge in [-0.2, -0.15) is 26.3 Å². The van der Waals surface area contributed by atoms with Gasteiger partial charge in [-0.25, -0.2) is 0 Å². The van der Waals surface area contributed by atoms with Crippen LogP contribution in [0.1, 0.15) is 16.7 Å². The van der Waals surface area contributed by atoms with E-state index in [9.17, 15) is 26.3 Å². The molecule has 0 bridgehead atoms. The van der Waals surface area contributed by atoms with Crippen molar-refractivity contribution in [3.63, 3.8) is 0 Å². The number of alkyl halides is 6. The van der Waals surface area contributed by atoms with Crippen molar-refractivity contribution < 1.29 is 31.4 Å². The molecule has 96 valence electrons. The maximum atomic E-state index is 12.4. The van der Waals surface area contributed by atoms with Crippen molar-refractivity contribution in [2.24, 2.45) is 0 Å². The van der Waals surface area contributed by atoms with Gasteiger partial charge >= 0.3 is 12.4 Å². The van der Waals surface area contributed by atoms with Crippen molar-refractivity contribution in [2.75, 3.05) is 0 Å². The minimum absolute atomic E-state index is 0.305. The maximum Gasteiger partial charge on any atom is 0.417 e. The van der Waals surface area contributed by atoms with Crippen LogP contribution in [0.2, 0.25) is 0 Å². The highest BCUT2D eigenvalue weighted by molar-refractivity contribution is 9.10.